The van der Waals surface area contributed by atoms with Crippen LogP contribution in [0.5, 0.6) is 11.5 Å². The molecule has 136 valence electrons. The minimum atomic E-state index is -0.245. The lowest BCUT2D eigenvalue weighted by molar-refractivity contribution is -0.122. The highest BCUT2D eigenvalue weighted by Gasteiger charge is 2.15. The van der Waals surface area contributed by atoms with Gasteiger partial charge in [-0.05, 0) is 42.5 Å². The number of hydrogen-bond donors (Lipinski definition) is 1. The van der Waals surface area contributed by atoms with Crippen LogP contribution in [0.4, 0.5) is 0 Å². The van der Waals surface area contributed by atoms with Crippen molar-refractivity contribution in [1.29, 1.82) is 0 Å². The van der Waals surface area contributed by atoms with Gasteiger partial charge in [-0.15, -0.1) is 10.2 Å². The number of rotatable bonds is 7. The molecule has 0 saturated carbocycles. The van der Waals surface area contributed by atoms with E-state index in [9.17, 15) is 4.79 Å². The Kier molecular flexibility index (Phi) is 5.16. The molecule has 0 fully saturated rings. The topological polar surface area (TPSA) is 104 Å². The molecule has 0 radical (unpaired) electrons. The summed E-state index contributed by atoms with van der Waals surface area (Å²) in [5.41, 5.74) is 0.707. The van der Waals surface area contributed by atoms with Gasteiger partial charge in [-0.2, -0.15) is 4.80 Å². The van der Waals surface area contributed by atoms with Gasteiger partial charge in [-0.25, -0.2) is 0 Å². The van der Waals surface area contributed by atoms with Crippen molar-refractivity contribution < 1.29 is 18.7 Å². The van der Waals surface area contributed by atoms with E-state index in [0.29, 0.717) is 28.6 Å². The SMILES string of the molecule is COc1ccc(-c2nnn(CC(=O)N[C@@H](C)c3ccco3)n2)cc1OC. The van der Waals surface area contributed by atoms with Gasteiger partial charge >= 0.3 is 0 Å². The quantitative estimate of drug-likeness (QED) is 0.688. The van der Waals surface area contributed by atoms with E-state index < -0.39 is 0 Å². The van der Waals surface area contributed by atoms with Crippen LogP contribution in [-0.4, -0.2) is 40.3 Å². The van der Waals surface area contributed by atoms with Gasteiger partial charge < -0.3 is 19.2 Å². The molecule has 0 bridgehead atoms. The Morgan fingerprint density at radius 2 is 2.08 bits per heavy atom. The van der Waals surface area contributed by atoms with Crippen LogP contribution >= 0.6 is 0 Å². The number of ether oxygens (including phenoxy) is 2. The lowest BCUT2D eigenvalue weighted by Crippen LogP contribution is -2.30. The fraction of sp³-hybridized carbons (Fsp3) is 0.294. The van der Waals surface area contributed by atoms with Crippen molar-refractivity contribution in [2.24, 2.45) is 0 Å². The molecule has 1 amide bonds. The molecule has 0 unspecified atom stereocenters. The molecule has 1 aromatic carbocycles. The van der Waals surface area contributed by atoms with Gasteiger partial charge in [-0.1, -0.05) is 0 Å². The summed E-state index contributed by atoms with van der Waals surface area (Å²) in [5, 5.41) is 15.0. The van der Waals surface area contributed by atoms with Gasteiger partial charge in [0.15, 0.2) is 11.5 Å². The maximum absolute atomic E-state index is 12.1. The van der Waals surface area contributed by atoms with E-state index in [4.69, 9.17) is 13.9 Å². The number of furan rings is 1. The fourth-order valence-corrected chi connectivity index (χ4v) is 2.43. The molecular formula is C17H19N5O4. The van der Waals surface area contributed by atoms with Crippen molar-refractivity contribution in [3.8, 4) is 22.9 Å². The smallest absolute Gasteiger partial charge is 0.244 e. The molecular weight excluding hydrogens is 338 g/mol. The van der Waals surface area contributed by atoms with Gasteiger partial charge in [0.2, 0.25) is 11.7 Å². The zero-order valence-corrected chi connectivity index (χ0v) is 14.7. The van der Waals surface area contributed by atoms with Crippen molar-refractivity contribution in [3.05, 3.63) is 42.4 Å². The molecule has 3 rings (SSSR count). The van der Waals surface area contributed by atoms with Crippen LogP contribution in [0.2, 0.25) is 0 Å². The Labute approximate surface area is 149 Å². The molecule has 2 heterocycles. The Balaban J connectivity index is 1.67. The van der Waals surface area contributed by atoms with Crippen LogP contribution in [0.1, 0.15) is 18.7 Å². The number of hydrogen-bond acceptors (Lipinski definition) is 7. The molecule has 9 nitrogen and oxygen atoms in total. The first-order valence-electron chi connectivity index (χ1n) is 7.93. The standard InChI is InChI=1S/C17H19N5O4/c1-11(13-5-4-8-26-13)18-16(23)10-22-20-17(19-21-22)12-6-7-14(24-2)15(9-12)25-3/h4-9,11H,10H2,1-3H3,(H,18,23)/t11-/m0/s1. The second kappa shape index (κ2) is 7.68. The molecule has 2 aromatic heterocycles. The maximum atomic E-state index is 12.1. The molecule has 0 aliphatic heterocycles. The summed E-state index contributed by atoms with van der Waals surface area (Å²) in [4.78, 5) is 13.4. The molecule has 0 spiro atoms. The van der Waals surface area contributed by atoms with Crippen LogP contribution in [0, 0.1) is 0 Å². The van der Waals surface area contributed by atoms with E-state index in [2.05, 4.69) is 20.7 Å². The Bertz CT molecular complexity index is 875. The van der Waals surface area contributed by atoms with Crippen molar-refractivity contribution in [3.63, 3.8) is 0 Å². The van der Waals surface area contributed by atoms with E-state index >= 15 is 0 Å². The first kappa shape index (κ1) is 17.5. The van der Waals surface area contributed by atoms with Crippen molar-refractivity contribution in [2.75, 3.05) is 14.2 Å². The summed E-state index contributed by atoms with van der Waals surface area (Å²) >= 11 is 0. The average Bonchev–Trinajstić information content (AvgIpc) is 3.33. The van der Waals surface area contributed by atoms with Crippen LogP contribution in [0.3, 0.4) is 0 Å². The number of nitrogens with zero attached hydrogens (tertiary/aromatic N) is 4. The Morgan fingerprint density at radius 3 is 2.77 bits per heavy atom. The number of methoxy groups -OCH3 is 2. The predicted octanol–water partition coefficient (Wildman–Crippen LogP) is 1.83. The van der Waals surface area contributed by atoms with Crippen LogP contribution < -0.4 is 14.8 Å². The minimum Gasteiger partial charge on any atom is -0.493 e. The number of nitrogens with one attached hydrogen (secondary N) is 1. The van der Waals surface area contributed by atoms with Gasteiger partial charge in [0.05, 0.1) is 26.5 Å². The van der Waals surface area contributed by atoms with Gasteiger partial charge in [0.1, 0.15) is 12.3 Å². The summed E-state index contributed by atoms with van der Waals surface area (Å²) in [6, 6.07) is 8.62. The summed E-state index contributed by atoms with van der Waals surface area (Å²) in [6.45, 7) is 1.78. The number of aromatic nitrogens is 4. The number of tetrazole rings is 1. The molecule has 0 aliphatic rings. The van der Waals surface area contributed by atoms with Gasteiger partial charge in [0.25, 0.3) is 0 Å². The van der Waals surface area contributed by atoms with Crippen molar-refractivity contribution in [2.45, 2.75) is 19.5 Å². The largest absolute Gasteiger partial charge is 0.493 e. The molecule has 9 heteroatoms. The maximum Gasteiger partial charge on any atom is 0.244 e. The van der Waals surface area contributed by atoms with Crippen LogP contribution in [0.15, 0.2) is 41.0 Å². The minimum absolute atomic E-state index is 0.0503. The number of carbonyl (C=O) groups excluding carboxylic acids is 1. The predicted molar refractivity (Wildman–Crippen MR) is 91.6 cm³/mol. The van der Waals surface area contributed by atoms with Gasteiger partial charge in [0, 0.05) is 5.56 Å². The van der Waals surface area contributed by atoms with Crippen molar-refractivity contribution >= 4 is 5.91 Å². The molecule has 1 atom stereocenters. The summed E-state index contributed by atoms with van der Waals surface area (Å²) in [5.74, 6) is 1.99. The van der Waals surface area contributed by atoms with Crippen LogP contribution in [0.25, 0.3) is 11.4 Å². The van der Waals surface area contributed by atoms with Crippen molar-refractivity contribution in [1.82, 2.24) is 25.5 Å². The average molecular weight is 357 g/mol. The molecule has 26 heavy (non-hydrogen) atoms. The first-order chi connectivity index (χ1) is 12.6. The summed E-state index contributed by atoms with van der Waals surface area (Å²) in [6.07, 6.45) is 1.56. The Hall–Kier alpha value is -3.36. The number of carbonyl (C=O) groups is 1. The number of amides is 1. The summed E-state index contributed by atoms with van der Waals surface area (Å²) < 4.78 is 15.7. The van der Waals surface area contributed by atoms with E-state index in [1.807, 2.05) is 6.92 Å². The van der Waals surface area contributed by atoms with E-state index in [1.165, 1.54) is 4.80 Å². The molecule has 1 N–H and O–H groups in total. The second-order valence-electron chi connectivity index (χ2n) is 5.52. The van der Waals surface area contributed by atoms with E-state index in [-0.39, 0.29) is 18.5 Å². The number of benzene rings is 1. The fourth-order valence-electron chi connectivity index (χ4n) is 2.43. The Morgan fingerprint density at radius 1 is 1.27 bits per heavy atom. The molecule has 0 aliphatic carbocycles. The second-order valence-corrected chi connectivity index (χ2v) is 5.52. The van der Waals surface area contributed by atoms with Crippen LogP contribution in [-0.2, 0) is 11.3 Å². The highest BCUT2D eigenvalue weighted by atomic mass is 16.5. The van der Waals surface area contributed by atoms with E-state index in [1.54, 1.807) is 50.8 Å². The molecule has 3 aromatic rings. The third-order valence-electron chi connectivity index (χ3n) is 3.73. The highest BCUT2D eigenvalue weighted by molar-refractivity contribution is 5.76. The lowest BCUT2D eigenvalue weighted by atomic mass is 10.2. The monoisotopic (exact) mass is 357 g/mol. The van der Waals surface area contributed by atoms with Gasteiger partial charge in [-0.3, -0.25) is 4.79 Å². The lowest BCUT2D eigenvalue weighted by Gasteiger charge is -2.10. The highest BCUT2D eigenvalue weighted by Crippen LogP contribution is 2.30. The molecule has 0 saturated heterocycles. The third kappa shape index (κ3) is 3.82. The van der Waals surface area contributed by atoms with E-state index in [0.717, 1.165) is 0 Å². The summed E-state index contributed by atoms with van der Waals surface area (Å²) in [7, 11) is 3.12. The zero-order chi connectivity index (χ0) is 18.5. The zero-order valence-electron chi connectivity index (χ0n) is 14.7. The normalized spacial score (nSPS) is 11.8. The third-order valence-corrected chi connectivity index (χ3v) is 3.73. The first-order valence-corrected chi connectivity index (χ1v) is 7.93.